The summed E-state index contributed by atoms with van der Waals surface area (Å²) in [7, 11) is 0. The van der Waals surface area contributed by atoms with Crippen LogP contribution in [0.1, 0.15) is 69.7 Å². The van der Waals surface area contributed by atoms with Crippen LogP contribution < -0.4 is 10.2 Å². The minimum absolute atomic E-state index is 0.146. The van der Waals surface area contributed by atoms with E-state index in [4.69, 9.17) is 28.2 Å². The molecule has 5 rings (SSSR count). The van der Waals surface area contributed by atoms with Crippen LogP contribution in [0.2, 0.25) is 10.0 Å². The van der Waals surface area contributed by atoms with E-state index >= 15 is 0 Å². The molecular formula is C28H37Cl2N5O3. The van der Waals surface area contributed by atoms with Crippen molar-refractivity contribution in [2.45, 2.75) is 64.6 Å². The van der Waals surface area contributed by atoms with Gasteiger partial charge >= 0.3 is 5.97 Å². The van der Waals surface area contributed by atoms with Crippen molar-refractivity contribution in [2.24, 2.45) is 17.3 Å². The highest BCUT2D eigenvalue weighted by molar-refractivity contribution is 6.35. The molecule has 1 aromatic carbocycles. The lowest BCUT2D eigenvalue weighted by molar-refractivity contribution is -0.158. The molecule has 3 heterocycles. The molecule has 0 spiro atoms. The zero-order valence-electron chi connectivity index (χ0n) is 22.2. The normalized spacial score (nSPS) is 27.8. The maximum Gasteiger partial charge on any atom is 0.309 e. The zero-order valence-corrected chi connectivity index (χ0v) is 23.7. The van der Waals surface area contributed by atoms with E-state index in [1.807, 2.05) is 26.0 Å². The van der Waals surface area contributed by atoms with E-state index in [0.29, 0.717) is 45.3 Å². The first-order valence-corrected chi connectivity index (χ1v) is 14.3. The number of carboxylic acids is 1. The molecule has 10 heteroatoms. The lowest BCUT2D eigenvalue weighted by Gasteiger charge is -2.52. The van der Waals surface area contributed by atoms with E-state index in [2.05, 4.69) is 20.1 Å². The molecule has 1 saturated carbocycles. The van der Waals surface area contributed by atoms with E-state index < -0.39 is 17.5 Å². The second-order valence-electron chi connectivity index (χ2n) is 11.7. The van der Waals surface area contributed by atoms with Crippen LogP contribution in [0.4, 0.5) is 11.8 Å². The third kappa shape index (κ3) is 5.46. The molecule has 3 atom stereocenters. The first-order chi connectivity index (χ1) is 18.0. The quantitative estimate of drug-likeness (QED) is 0.393. The highest BCUT2D eigenvalue weighted by atomic mass is 35.5. The fourth-order valence-corrected chi connectivity index (χ4v) is 6.81. The number of aliphatic carboxylic acids is 1. The van der Waals surface area contributed by atoms with Crippen LogP contribution in [-0.4, -0.2) is 63.3 Å². The van der Waals surface area contributed by atoms with Crippen molar-refractivity contribution in [3.63, 3.8) is 0 Å². The van der Waals surface area contributed by atoms with E-state index in [9.17, 15) is 15.0 Å². The molecule has 2 aliphatic heterocycles. The highest BCUT2D eigenvalue weighted by Crippen LogP contribution is 2.45. The maximum atomic E-state index is 11.5. The van der Waals surface area contributed by atoms with E-state index in [1.54, 1.807) is 19.2 Å². The first kappa shape index (κ1) is 27.4. The molecule has 0 radical (unpaired) electrons. The van der Waals surface area contributed by atoms with Crippen LogP contribution in [0.5, 0.6) is 0 Å². The third-order valence-electron chi connectivity index (χ3n) is 8.79. The highest BCUT2D eigenvalue weighted by Gasteiger charge is 2.49. The predicted octanol–water partition coefficient (Wildman–Crippen LogP) is 5.41. The van der Waals surface area contributed by atoms with Gasteiger partial charge in [-0.2, -0.15) is 4.98 Å². The molecule has 38 heavy (non-hydrogen) atoms. The zero-order chi connectivity index (χ0) is 27.2. The van der Waals surface area contributed by atoms with Gasteiger partial charge in [-0.1, -0.05) is 29.3 Å². The average Bonchev–Trinajstić information content (AvgIpc) is 2.81. The van der Waals surface area contributed by atoms with Crippen molar-refractivity contribution in [1.29, 1.82) is 0 Å². The number of aliphatic hydroxyl groups is 1. The van der Waals surface area contributed by atoms with Gasteiger partial charge in [-0.15, -0.1) is 0 Å². The Kier molecular flexibility index (Phi) is 7.80. The Labute approximate surface area is 234 Å². The Bertz CT molecular complexity index is 1180. The lowest BCUT2D eigenvalue weighted by atomic mass is 9.65. The molecule has 3 fully saturated rings. The number of hydrogen-bond donors (Lipinski definition) is 3. The standard InChI is InChI=1S/C28H37Cl2N5O3/c1-16(22-7-6-20(29)9-24(22)30)32-25-23(17(2)36)12-31-27(33-25)35-14-19(15-35)18-5-4-8-34(13-18)21-10-28(3,11-21)26(37)38/h6-7,9,12,16-19,21,36H,4-5,8,10-11,13-15H2,1-3H3,(H,37,38)(H,31,32,33)/t16-,17?,18+,21-,28-/m1/s1. The minimum Gasteiger partial charge on any atom is -0.481 e. The van der Waals surface area contributed by atoms with Crippen LogP contribution in [0.3, 0.4) is 0 Å². The molecule has 2 saturated heterocycles. The summed E-state index contributed by atoms with van der Waals surface area (Å²) in [5, 5.41) is 24.4. The number of aromatic nitrogens is 2. The molecule has 0 amide bonds. The molecule has 1 aliphatic carbocycles. The van der Waals surface area contributed by atoms with Crippen LogP contribution in [0.25, 0.3) is 0 Å². The van der Waals surface area contributed by atoms with E-state index in [1.165, 1.54) is 12.8 Å². The van der Waals surface area contributed by atoms with Crippen LogP contribution in [-0.2, 0) is 4.79 Å². The van der Waals surface area contributed by atoms with Gasteiger partial charge in [0, 0.05) is 47.5 Å². The smallest absolute Gasteiger partial charge is 0.309 e. The SMILES string of the molecule is CC(O)c1cnc(N2CC([C@H]3CCCN([C@H]4C[C@](C)(C(=O)O)C4)C3)C2)nc1N[C@H](C)c1ccc(Cl)cc1Cl. The predicted molar refractivity (Wildman–Crippen MR) is 150 cm³/mol. The van der Waals surface area contributed by atoms with Gasteiger partial charge in [-0.05, 0) is 82.5 Å². The van der Waals surface area contributed by atoms with Gasteiger partial charge in [-0.25, -0.2) is 4.98 Å². The second-order valence-corrected chi connectivity index (χ2v) is 12.5. The Morgan fingerprint density at radius 3 is 2.55 bits per heavy atom. The molecule has 206 valence electrons. The molecule has 3 N–H and O–H groups in total. The number of carboxylic acid groups (broad SMARTS) is 1. The van der Waals surface area contributed by atoms with Crippen LogP contribution in [0, 0.1) is 17.3 Å². The topological polar surface area (TPSA) is 102 Å². The number of benzene rings is 1. The number of nitrogens with zero attached hydrogens (tertiary/aromatic N) is 4. The van der Waals surface area contributed by atoms with Gasteiger partial charge in [0.2, 0.25) is 5.95 Å². The van der Waals surface area contributed by atoms with Gasteiger partial charge in [0.25, 0.3) is 0 Å². The van der Waals surface area contributed by atoms with Crippen molar-refractivity contribution < 1.29 is 15.0 Å². The summed E-state index contributed by atoms with van der Waals surface area (Å²) in [6, 6.07) is 5.68. The summed E-state index contributed by atoms with van der Waals surface area (Å²) >= 11 is 12.5. The molecule has 1 aromatic heterocycles. The number of aliphatic hydroxyl groups excluding tert-OH is 1. The number of carbonyl (C=O) groups is 1. The molecule has 3 aliphatic rings. The van der Waals surface area contributed by atoms with Crippen molar-refractivity contribution in [3.05, 3.63) is 45.6 Å². The molecule has 2 aromatic rings. The Hall–Kier alpha value is -2.13. The largest absolute Gasteiger partial charge is 0.481 e. The summed E-state index contributed by atoms with van der Waals surface area (Å²) in [6.07, 6.45) is 4.88. The third-order valence-corrected chi connectivity index (χ3v) is 9.35. The van der Waals surface area contributed by atoms with Crippen molar-refractivity contribution in [3.8, 4) is 0 Å². The maximum absolute atomic E-state index is 11.5. The molecule has 1 unspecified atom stereocenters. The summed E-state index contributed by atoms with van der Waals surface area (Å²) in [4.78, 5) is 25.6. The van der Waals surface area contributed by atoms with Crippen LogP contribution in [0.15, 0.2) is 24.4 Å². The van der Waals surface area contributed by atoms with Gasteiger partial charge in [0.05, 0.1) is 17.6 Å². The fraction of sp³-hybridized carbons (Fsp3) is 0.607. The van der Waals surface area contributed by atoms with E-state index in [-0.39, 0.29) is 6.04 Å². The Balaban J connectivity index is 1.22. The monoisotopic (exact) mass is 561 g/mol. The number of hydrogen-bond acceptors (Lipinski definition) is 7. The minimum atomic E-state index is -0.716. The molecular weight excluding hydrogens is 525 g/mol. The molecule has 0 bridgehead atoms. The van der Waals surface area contributed by atoms with Crippen molar-refractivity contribution >= 4 is 40.9 Å². The lowest BCUT2D eigenvalue weighted by Crippen LogP contribution is -2.58. The number of piperidine rings is 1. The summed E-state index contributed by atoms with van der Waals surface area (Å²) in [5.41, 5.74) is 0.982. The summed E-state index contributed by atoms with van der Waals surface area (Å²) in [5.74, 6) is 1.77. The van der Waals surface area contributed by atoms with Crippen molar-refractivity contribution in [1.82, 2.24) is 14.9 Å². The van der Waals surface area contributed by atoms with Gasteiger partial charge in [-0.3, -0.25) is 4.79 Å². The number of halogens is 2. The van der Waals surface area contributed by atoms with Crippen LogP contribution >= 0.6 is 23.2 Å². The number of rotatable bonds is 8. The fourth-order valence-electron chi connectivity index (χ4n) is 6.24. The first-order valence-electron chi connectivity index (χ1n) is 13.5. The number of anilines is 2. The Morgan fingerprint density at radius 2 is 1.89 bits per heavy atom. The Morgan fingerprint density at radius 1 is 1.16 bits per heavy atom. The van der Waals surface area contributed by atoms with Crippen molar-refractivity contribution in [2.75, 3.05) is 36.4 Å². The van der Waals surface area contributed by atoms with Gasteiger partial charge in [0.1, 0.15) is 5.82 Å². The van der Waals surface area contributed by atoms with E-state index in [0.717, 1.165) is 44.6 Å². The van der Waals surface area contributed by atoms with Gasteiger partial charge in [0.15, 0.2) is 0 Å². The summed E-state index contributed by atoms with van der Waals surface area (Å²) < 4.78 is 0. The number of nitrogens with one attached hydrogen (secondary N) is 1. The second kappa shape index (κ2) is 10.8. The van der Waals surface area contributed by atoms with Gasteiger partial charge < -0.3 is 25.3 Å². The average molecular weight is 563 g/mol. The molecule has 8 nitrogen and oxygen atoms in total. The number of likely N-dealkylation sites (tertiary alicyclic amines) is 1. The summed E-state index contributed by atoms with van der Waals surface area (Å²) in [6.45, 7) is 9.50.